The maximum Gasteiger partial charge on any atom is 0.224 e. The van der Waals surface area contributed by atoms with Gasteiger partial charge < -0.3 is 11.1 Å². The average molecular weight is 225 g/mol. The summed E-state index contributed by atoms with van der Waals surface area (Å²) in [5.41, 5.74) is 5.17. The number of nitrogens with two attached hydrogens (primary N) is 1. The Morgan fingerprint density at radius 2 is 2.31 bits per heavy atom. The van der Waals surface area contributed by atoms with Crippen LogP contribution in [0.2, 0.25) is 0 Å². The smallest absolute Gasteiger partial charge is 0.224 e. The minimum atomic E-state index is -0.308. The SMILES string of the molecule is CC1CCNCC1N1CCC(C)(C(N)=O)C1. The van der Waals surface area contributed by atoms with E-state index in [0.717, 1.165) is 38.5 Å². The quantitative estimate of drug-likeness (QED) is 0.705. The first-order valence-electron chi connectivity index (χ1n) is 6.27. The van der Waals surface area contributed by atoms with Crippen LogP contribution in [-0.2, 0) is 4.79 Å². The number of hydrogen-bond donors (Lipinski definition) is 2. The van der Waals surface area contributed by atoms with Crippen LogP contribution in [0.1, 0.15) is 26.7 Å². The van der Waals surface area contributed by atoms with Crippen molar-refractivity contribution in [2.24, 2.45) is 17.1 Å². The number of likely N-dealkylation sites (tertiary alicyclic amines) is 1. The molecule has 0 aliphatic carbocycles. The van der Waals surface area contributed by atoms with Crippen LogP contribution in [-0.4, -0.2) is 43.0 Å². The van der Waals surface area contributed by atoms with Gasteiger partial charge in [-0.2, -0.15) is 0 Å². The maximum atomic E-state index is 11.4. The van der Waals surface area contributed by atoms with Gasteiger partial charge in [-0.05, 0) is 38.8 Å². The first-order valence-corrected chi connectivity index (χ1v) is 6.27. The number of hydrogen-bond acceptors (Lipinski definition) is 3. The second-order valence-corrected chi connectivity index (χ2v) is 5.68. The zero-order chi connectivity index (χ0) is 11.8. The van der Waals surface area contributed by atoms with Crippen molar-refractivity contribution in [3.63, 3.8) is 0 Å². The van der Waals surface area contributed by atoms with E-state index >= 15 is 0 Å². The first-order chi connectivity index (χ1) is 7.53. The van der Waals surface area contributed by atoms with Crippen LogP contribution < -0.4 is 11.1 Å². The van der Waals surface area contributed by atoms with E-state index in [1.807, 2.05) is 6.92 Å². The highest BCUT2D eigenvalue weighted by atomic mass is 16.1. The van der Waals surface area contributed by atoms with Crippen molar-refractivity contribution in [2.75, 3.05) is 26.2 Å². The van der Waals surface area contributed by atoms with Gasteiger partial charge in [0, 0.05) is 19.1 Å². The van der Waals surface area contributed by atoms with Crippen LogP contribution in [0.4, 0.5) is 0 Å². The van der Waals surface area contributed by atoms with Crippen molar-refractivity contribution in [1.82, 2.24) is 10.2 Å². The van der Waals surface area contributed by atoms with Crippen LogP contribution in [0, 0.1) is 11.3 Å². The lowest BCUT2D eigenvalue weighted by molar-refractivity contribution is -0.126. The molecular formula is C12H23N3O. The number of carbonyl (C=O) groups is 1. The summed E-state index contributed by atoms with van der Waals surface area (Å²) >= 11 is 0. The highest BCUT2D eigenvalue weighted by molar-refractivity contribution is 5.81. The lowest BCUT2D eigenvalue weighted by Crippen LogP contribution is -2.50. The molecule has 0 aromatic rings. The van der Waals surface area contributed by atoms with E-state index in [4.69, 9.17) is 5.73 Å². The molecule has 4 nitrogen and oxygen atoms in total. The molecular weight excluding hydrogens is 202 g/mol. The van der Waals surface area contributed by atoms with Gasteiger partial charge in [0.2, 0.25) is 5.91 Å². The second kappa shape index (κ2) is 4.34. The van der Waals surface area contributed by atoms with E-state index in [-0.39, 0.29) is 11.3 Å². The van der Waals surface area contributed by atoms with Gasteiger partial charge in [0.05, 0.1) is 5.41 Å². The Kier molecular flexibility index (Phi) is 3.22. The van der Waals surface area contributed by atoms with Gasteiger partial charge in [0.15, 0.2) is 0 Å². The van der Waals surface area contributed by atoms with E-state index in [1.165, 1.54) is 6.42 Å². The number of nitrogens with zero attached hydrogens (tertiary/aromatic N) is 1. The van der Waals surface area contributed by atoms with Crippen molar-refractivity contribution in [1.29, 1.82) is 0 Å². The molecule has 92 valence electrons. The van der Waals surface area contributed by atoms with Gasteiger partial charge in [-0.3, -0.25) is 9.69 Å². The lowest BCUT2D eigenvalue weighted by atomic mass is 9.88. The minimum absolute atomic E-state index is 0.147. The van der Waals surface area contributed by atoms with E-state index in [9.17, 15) is 4.79 Å². The van der Waals surface area contributed by atoms with Crippen LogP contribution in [0.5, 0.6) is 0 Å². The Hall–Kier alpha value is -0.610. The maximum absolute atomic E-state index is 11.4. The molecule has 3 unspecified atom stereocenters. The van der Waals surface area contributed by atoms with E-state index in [0.29, 0.717) is 6.04 Å². The molecule has 2 heterocycles. The molecule has 2 fully saturated rings. The summed E-state index contributed by atoms with van der Waals surface area (Å²) in [5.74, 6) is 0.572. The standard InChI is InChI=1S/C12H23N3O/c1-9-3-5-14-7-10(9)15-6-4-12(2,8-15)11(13)16/h9-10,14H,3-8H2,1-2H3,(H2,13,16). The Morgan fingerprint density at radius 3 is 2.88 bits per heavy atom. The molecule has 3 atom stereocenters. The van der Waals surface area contributed by atoms with Crippen LogP contribution in [0.25, 0.3) is 0 Å². The first kappa shape index (κ1) is 11.9. The fourth-order valence-electron chi connectivity index (χ4n) is 2.94. The lowest BCUT2D eigenvalue weighted by Gasteiger charge is -2.37. The summed E-state index contributed by atoms with van der Waals surface area (Å²) in [7, 11) is 0. The van der Waals surface area contributed by atoms with Crippen molar-refractivity contribution >= 4 is 5.91 Å². The predicted molar refractivity (Wildman–Crippen MR) is 63.9 cm³/mol. The minimum Gasteiger partial charge on any atom is -0.369 e. The molecule has 3 N–H and O–H groups in total. The van der Waals surface area contributed by atoms with Gasteiger partial charge in [0.25, 0.3) is 0 Å². The summed E-state index contributed by atoms with van der Waals surface area (Å²) in [6, 6.07) is 0.579. The predicted octanol–water partition coefficient (Wildman–Crippen LogP) is 0.182. The average Bonchev–Trinajstić information content (AvgIpc) is 2.63. The number of piperidine rings is 1. The van der Waals surface area contributed by atoms with Crippen molar-refractivity contribution in [2.45, 2.75) is 32.7 Å². The normalized spacial score (nSPS) is 41.1. The fourth-order valence-corrected chi connectivity index (χ4v) is 2.94. The molecule has 0 bridgehead atoms. The number of primary amides is 1. The Balaban J connectivity index is 2.00. The fraction of sp³-hybridized carbons (Fsp3) is 0.917. The molecule has 4 heteroatoms. The topological polar surface area (TPSA) is 58.4 Å². The van der Waals surface area contributed by atoms with Gasteiger partial charge >= 0.3 is 0 Å². The molecule has 0 radical (unpaired) electrons. The van der Waals surface area contributed by atoms with Crippen LogP contribution in [0.15, 0.2) is 0 Å². The molecule has 0 saturated carbocycles. The Morgan fingerprint density at radius 1 is 1.56 bits per heavy atom. The highest BCUT2D eigenvalue weighted by Gasteiger charge is 2.42. The third-order valence-corrected chi connectivity index (χ3v) is 4.35. The summed E-state index contributed by atoms with van der Waals surface area (Å²) in [6.45, 7) is 8.32. The Labute approximate surface area is 97.6 Å². The highest BCUT2D eigenvalue weighted by Crippen LogP contribution is 2.33. The van der Waals surface area contributed by atoms with Crippen molar-refractivity contribution in [3.05, 3.63) is 0 Å². The molecule has 0 spiro atoms. The summed E-state index contributed by atoms with van der Waals surface area (Å²) in [4.78, 5) is 13.9. The third-order valence-electron chi connectivity index (χ3n) is 4.35. The number of carbonyl (C=O) groups excluding carboxylic acids is 1. The number of rotatable bonds is 2. The molecule has 16 heavy (non-hydrogen) atoms. The van der Waals surface area contributed by atoms with Gasteiger partial charge in [-0.1, -0.05) is 6.92 Å². The van der Waals surface area contributed by atoms with Crippen molar-refractivity contribution < 1.29 is 4.79 Å². The molecule has 2 aliphatic rings. The zero-order valence-electron chi connectivity index (χ0n) is 10.3. The van der Waals surface area contributed by atoms with Gasteiger partial charge in [-0.25, -0.2) is 0 Å². The molecule has 2 rings (SSSR count). The monoisotopic (exact) mass is 225 g/mol. The van der Waals surface area contributed by atoms with E-state index in [1.54, 1.807) is 0 Å². The summed E-state index contributed by atoms with van der Waals surface area (Å²) < 4.78 is 0. The number of amides is 1. The molecule has 0 aromatic carbocycles. The van der Waals surface area contributed by atoms with Crippen LogP contribution in [0.3, 0.4) is 0 Å². The summed E-state index contributed by atoms with van der Waals surface area (Å²) in [6.07, 6.45) is 2.14. The molecule has 2 saturated heterocycles. The largest absolute Gasteiger partial charge is 0.369 e. The molecule has 0 aromatic heterocycles. The molecule has 2 aliphatic heterocycles. The van der Waals surface area contributed by atoms with Crippen LogP contribution >= 0.6 is 0 Å². The van der Waals surface area contributed by atoms with E-state index < -0.39 is 0 Å². The van der Waals surface area contributed by atoms with Gasteiger partial charge in [0.1, 0.15) is 0 Å². The van der Waals surface area contributed by atoms with E-state index in [2.05, 4.69) is 17.1 Å². The number of nitrogens with one attached hydrogen (secondary N) is 1. The van der Waals surface area contributed by atoms with Crippen molar-refractivity contribution in [3.8, 4) is 0 Å². The third kappa shape index (κ3) is 2.09. The summed E-state index contributed by atoms with van der Waals surface area (Å²) in [5, 5.41) is 3.44. The zero-order valence-corrected chi connectivity index (χ0v) is 10.3. The Bertz CT molecular complexity index is 281. The second-order valence-electron chi connectivity index (χ2n) is 5.68. The molecule has 1 amide bonds. The van der Waals surface area contributed by atoms with Gasteiger partial charge in [-0.15, -0.1) is 0 Å².